The summed E-state index contributed by atoms with van der Waals surface area (Å²) in [6, 6.07) is 6.13. The third-order valence-corrected chi connectivity index (χ3v) is 3.67. The second-order valence-electron chi connectivity index (χ2n) is 6.28. The largest absolute Gasteiger partial charge is 0.339 e. The van der Waals surface area contributed by atoms with Crippen molar-refractivity contribution in [2.24, 2.45) is 0 Å². The molecule has 0 bridgehead atoms. The lowest BCUT2D eigenvalue weighted by atomic mass is 9.83. The van der Waals surface area contributed by atoms with Gasteiger partial charge in [0, 0.05) is 18.7 Å². The zero-order valence-corrected chi connectivity index (χ0v) is 11.9. The van der Waals surface area contributed by atoms with Gasteiger partial charge in [0.15, 0.2) is 0 Å². The molecule has 2 nitrogen and oxygen atoms in total. The Balaban J connectivity index is 2.26. The van der Waals surface area contributed by atoms with E-state index in [9.17, 15) is 4.79 Å². The van der Waals surface area contributed by atoms with E-state index in [1.807, 2.05) is 17.0 Å². The Morgan fingerprint density at radius 3 is 2.28 bits per heavy atom. The van der Waals surface area contributed by atoms with Crippen molar-refractivity contribution in [3.8, 4) is 0 Å². The van der Waals surface area contributed by atoms with E-state index in [1.165, 1.54) is 11.1 Å². The second-order valence-corrected chi connectivity index (χ2v) is 6.28. The SMILES string of the molecule is Cc1cc(C(=O)N2CCCC2)ccc1C(C)(C)C. The molecule has 0 atom stereocenters. The number of carbonyl (C=O) groups is 1. The quantitative estimate of drug-likeness (QED) is 0.741. The molecule has 1 amide bonds. The minimum absolute atomic E-state index is 0.138. The van der Waals surface area contributed by atoms with E-state index >= 15 is 0 Å². The zero-order valence-electron chi connectivity index (χ0n) is 11.9. The van der Waals surface area contributed by atoms with Crippen LogP contribution in [0, 0.1) is 6.92 Å². The van der Waals surface area contributed by atoms with Crippen LogP contribution in [0.3, 0.4) is 0 Å². The Morgan fingerprint density at radius 1 is 1.17 bits per heavy atom. The van der Waals surface area contributed by atoms with Gasteiger partial charge in [-0.25, -0.2) is 0 Å². The lowest BCUT2D eigenvalue weighted by molar-refractivity contribution is 0.0792. The molecule has 0 saturated carbocycles. The molecule has 0 N–H and O–H groups in total. The van der Waals surface area contributed by atoms with Gasteiger partial charge in [0.25, 0.3) is 5.91 Å². The average Bonchev–Trinajstić information content (AvgIpc) is 2.79. The first-order chi connectivity index (χ1) is 8.39. The van der Waals surface area contributed by atoms with Gasteiger partial charge in [-0.05, 0) is 48.4 Å². The van der Waals surface area contributed by atoms with E-state index in [4.69, 9.17) is 0 Å². The molecule has 1 aromatic rings. The van der Waals surface area contributed by atoms with Crippen LogP contribution in [0.15, 0.2) is 18.2 Å². The van der Waals surface area contributed by atoms with Crippen molar-refractivity contribution >= 4 is 5.91 Å². The molecule has 2 heteroatoms. The molecule has 1 heterocycles. The van der Waals surface area contributed by atoms with Gasteiger partial charge in [-0.15, -0.1) is 0 Å². The summed E-state index contributed by atoms with van der Waals surface area (Å²) in [7, 11) is 0. The topological polar surface area (TPSA) is 20.3 Å². The summed E-state index contributed by atoms with van der Waals surface area (Å²) in [4.78, 5) is 14.2. The maximum Gasteiger partial charge on any atom is 0.253 e. The van der Waals surface area contributed by atoms with Gasteiger partial charge in [-0.1, -0.05) is 26.8 Å². The Hall–Kier alpha value is -1.31. The Kier molecular flexibility index (Phi) is 3.47. The van der Waals surface area contributed by atoms with Crippen LogP contribution >= 0.6 is 0 Å². The number of amides is 1. The molecule has 0 spiro atoms. The molecule has 0 aliphatic carbocycles. The first-order valence-corrected chi connectivity index (χ1v) is 6.80. The highest BCUT2D eigenvalue weighted by molar-refractivity contribution is 5.94. The standard InChI is InChI=1S/C16H23NO/c1-12-11-13(7-8-14(12)16(2,3)4)15(18)17-9-5-6-10-17/h7-8,11H,5-6,9-10H2,1-4H3. The smallest absolute Gasteiger partial charge is 0.253 e. The molecule has 0 aromatic heterocycles. The van der Waals surface area contributed by atoms with E-state index in [1.54, 1.807) is 0 Å². The van der Waals surface area contributed by atoms with E-state index in [2.05, 4.69) is 33.8 Å². The van der Waals surface area contributed by atoms with Gasteiger partial charge in [-0.2, -0.15) is 0 Å². The zero-order chi connectivity index (χ0) is 13.3. The number of aryl methyl sites for hydroxylation is 1. The molecule has 0 radical (unpaired) electrons. The molecule has 1 aromatic carbocycles. The van der Waals surface area contributed by atoms with Crippen molar-refractivity contribution in [1.82, 2.24) is 4.90 Å². The van der Waals surface area contributed by atoms with Gasteiger partial charge >= 0.3 is 0 Å². The van der Waals surface area contributed by atoms with Crippen LogP contribution in [0.4, 0.5) is 0 Å². The monoisotopic (exact) mass is 245 g/mol. The van der Waals surface area contributed by atoms with Gasteiger partial charge in [0.1, 0.15) is 0 Å². The highest BCUT2D eigenvalue weighted by Crippen LogP contribution is 2.26. The minimum atomic E-state index is 0.138. The predicted octanol–water partition coefficient (Wildman–Crippen LogP) is 3.53. The van der Waals surface area contributed by atoms with Gasteiger partial charge in [0.2, 0.25) is 0 Å². The summed E-state index contributed by atoms with van der Waals surface area (Å²) in [5.41, 5.74) is 3.51. The molecule has 0 unspecified atom stereocenters. The number of rotatable bonds is 1. The van der Waals surface area contributed by atoms with Gasteiger partial charge < -0.3 is 4.90 Å². The van der Waals surface area contributed by atoms with Crippen LogP contribution in [0.2, 0.25) is 0 Å². The van der Waals surface area contributed by atoms with Crippen LogP contribution in [-0.2, 0) is 5.41 Å². The average molecular weight is 245 g/mol. The molecular formula is C16H23NO. The van der Waals surface area contributed by atoms with E-state index in [-0.39, 0.29) is 11.3 Å². The Labute approximate surface area is 110 Å². The second kappa shape index (κ2) is 4.75. The summed E-state index contributed by atoms with van der Waals surface area (Å²) in [6.07, 6.45) is 2.29. The molecule has 1 saturated heterocycles. The molecule has 1 fully saturated rings. The maximum atomic E-state index is 12.3. The number of nitrogens with zero attached hydrogens (tertiary/aromatic N) is 1. The molecule has 2 rings (SSSR count). The normalized spacial score (nSPS) is 16.1. The van der Waals surface area contributed by atoms with Crippen molar-refractivity contribution in [1.29, 1.82) is 0 Å². The van der Waals surface area contributed by atoms with Crippen LogP contribution in [0.5, 0.6) is 0 Å². The number of benzene rings is 1. The maximum absolute atomic E-state index is 12.3. The molecule has 1 aliphatic rings. The van der Waals surface area contributed by atoms with Gasteiger partial charge in [-0.3, -0.25) is 4.79 Å². The number of hydrogen-bond donors (Lipinski definition) is 0. The van der Waals surface area contributed by atoms with Crippen molar-refractivity contribution in [3.63, 3.8) is 0 Å². The summed E-state index contributed by atoms with van der Waals surface area (Å²) in [5.74, 6) is 0.191. The van der Waals surface area contributed by atoms with Gasteiger partial charge in [0.05, 0.1) is 0 Å². The van der Waals surface area contributed by atoms with Crippen molar-refractivity contribution in [2.75, 3.05) is 13.1 Å². The highest BCUT2D eigenvalue weighted by Gasteiger charge is 2.21. The summed E-state index contributed by atoms with van der Waals surface area (Å²) in [6.45, 7) is 10.5. The van der Waals surface area contributed by atoms with Crippen LogP contribution in [-0.4, -0.2) is 23.9 Å². The van der Waals surface area contributed by atoms with E-state index in [0.717, 1.165) is 31.5 Å². The fourth-order valence-electron chi connectivity index (χ4n) is 2.74. The number of carbonyl (C=O) groups excluding carboxylic acids is 1. The number of likely N-dealkylation sites (tertiary alicyclic amines) is 1. The third-order valence-electron chi connectivity index (χ3n) is 3.67. The van der Waals surface area contributed by atoms with Crippen LogP contribution in [0.25, 0.3) is 0 Å². The Bertz CT molecular complexity index is 451. The fourth-order valence-corrected chi connectivity index (χ4v) is 2.74. The first-order valence-electron chi connectivity index (χ1n) is 6.80. The molecular weight excluding hydrogens is 222 g/mol. The van der Waals surface area contributed by atoms with E-state index in [0.29, 0.717) is 0 Å². The minimum Gasteiger partial charge on any atom is -0.339 e. The van der Waals surface area contributed by atoms with Crippen LogP contribution < -0.4 is 0 Å². The fraction of sp³-hybridized carbons (Fsp3) is 0.562. The van der Waals surface area contributed by atoms with E-state index < -0.39 is 0 Å². The van der Waals surface area contributed by atoms with Crippen molar-refractivity contribution in [3.05, 3.63) is 34.9 Å². The van der Waals surface area contributed by atoms with Crippen molar-refractivity contribution < 1.29 is 4.79 Å². The third kappa shape index (κ3) is 2.58. The number of hydrogen-bond acceptors (Lipinski definition) is 1. The highest BCUT2D eigenvalue weighted by atomic mass is 16.2. The molecule has 18 heavy (non-hydrogen) atoms. The summed E-state index contributed by atoms with van der Waals surface area (Å²) < 4.78 is 0. The lowest BCUT2D eigenvalue weighted by Crippen LogP contribution is -2.27. The van der Waals surface area contributed by atoms with Crippen molar-refractivity contribution in [2.45, 2.75) is 46.0 Å². The summed E-state index contributed by atoms with van der Waals surface area (Å²) in [5, 5.41) is 0. The lowest BCUT2D eigenvalue weighted by Gasteiger charge is -2.23. The molecule has 98 valence electrons. The predicted molar refractivity (Wildman–Crippen MR) is 75.0 cm³/mol. The Morgan fingerprint density at radius 2 is 1.78 bits per heavy atom. The molecule has 1 aliphatic heterocycles. The van der Waals surface area contributed by atoms with Crippen LogP contribution in [0.1, 0.15) is 55.1 Å². The first kappa shape index (κ1) is 13.1. The summed E-state index contributed by atoms with van der Waals surface area (Å²) >= 11 is 0.